The van der Waals surface area contributed by atoms with Gasteiger partial charge in [0.25, 0.3) is 6.29 Å². The second kappa shape index (κ2) is 6.05. The summed E-state index contributed by atoms with van der Waals surface area (Å²) in [6, 6.07) is 3.32. The van der Waals surface area contributed by atoms with Crippen LogP contribution in [-0.4, -0.2) is 46.6 Å². The highest BCUT2D eigenvalue weighted by atomic mass is 16.7. The van der Waals surface area contributed by atoms with E-state index in [4.69, 9.17) is 18.6 Å². The number of amides is 2. The van der Waals surface area contributed by atoms with Crippen molar-refractivity contribution in [1.82, 2.24) is 4.90 Å². The summed E-state index contributed by atoms with van der Waals surface area (Å²) < 4.78 is 21.4. The van der Waals surface area contributed by atoms with Gasteiger partial charge in [-0.05, 0) is 18.2 Å². The molecule has 0 spiro atoms. The molecular formula is C18H17NO8. The lowest BCUT2D eigenvalue weighted by molar-refractivity contribution is -0.227. The molecule has 0 saturated carbocycles. The van der Waals surface area contributed by atoms with Gasteiger partial charge in [0.15, 0.2) is 5.60 Å². The number of carbonyl (C=O) groups excluding carboxylic acids is 4. The van der Waals surface area contributed by atoms with Crippen LogP contribution in [0.2, 0.25) is 0 Å². The van der Waals surface area contributed by atoms with E-state index in [-0.39, 0.29) is 6.54 Å². The second-order valence-corrected chi connectivity index (χ2v) is 6.69. The summed E-state index contributed by atoms with van der Waals surface area (Å²) in [5, 5.41) is 0. The van der Waals surface area contributed by atoms with Gasteiger partial charge in [-0.3, -0.25) is 24.1 Å². The molecule has 2 fully saturated rings. The molecule has 4 rings (SSSR count). The number of esters is 2. The number of imide groups is 1. The van der Waals surface area contributed by atoms with Crippen LogP contribution in [0.5, 0.6) is 0 Å². The third-order valence-corrected chi connectivity index (χ3v) is 4.98. The molecule has 9 nitrogen and oxygen atoms in total. The van der Waals surface area contributed by atoms with Crippen LogP contribution in [0.1, 0.15) is 19.6 Å². The Bertz CT molecular complexity index is 828. The summed E-state index contributed by atoms with van der Waals surface area (Å²) >= 11 is 0. The van der Waals surface area contributed by atoms with Crippen LogP contribution in [0, 0.1) is 11.8 Å². The molecule has 2 bridgehead atoms. The van der Waals surface area contributed by atoms with Gasteiger partial charge in [-0.25, -0.2) is 0 Å². The molecule has 2 saturated heterocycles. The highest BCUT2D eigenvalue weighted by molar-refractivity contribution is 6.07. The Morgan fingerprint density at radius 3 is 2.52 bits per heavy atom. The first kappa shape index (κ1) is 17.5. The van der Waals surface area contributed by atoms with E-state index in [0.717, 1.165) is 18.7 Å². The number of carbonyl (C=O) groups is 4. The van der Waals surface area contributed by atoms with Crippen molar-refractivity contribution < 1.29 is 37.8 Å². The number of ether oxygens (including phenoxy) is 3. The Hall–Kier alpha value is -2.94. The largest absolute Gasteiger partial charge is 0.467 e. The molecule has 142 valence electrons. The van der Waals surface area contributed by atoms with Crippen LogP contribution < -0.4 is 0 Å². The van der Waals surface area contributed by atoms with Crippen LogP contribution in [0.15, 0.2) is 35.0 Å². The number of fused-ring (bicyclic) bond motifs is 5. The minimum absolute atomic E-state index is 0.00767. The Balaban J connectivity index is 1.68. The minimum atomic E-state index is -1.53. The Morgan fingerprint density at radius 1 is 1.22 bits per heavy atom. The third-order valence-electron chi connectivity index (χ3n) is 4.98. The normalized spacial score (nSPS) is 30.9. The first-order chi connectivity index (χ1) is 12.8. The molecule has 27 heavy (non-hydrogen) atoms. The van der Waals surface area contributed by atoms with Crippen LogP contribution in [0.3, 0.4) is 0 Å². The highest BCUT2D eigenvalue weighted by Crippen LogP contribution is 2.54. The number of nitrogens with zero attached hydrogens (tertiary/aromatic N) is 1. The van der Waals surface area contributed by atoms with Crippen molar-refractivity contribution in [3.8, 4) is 0 Å². The zero-order chi connectivity index (χ0) is 19.3. The van der Waals surface area contributed by atoms with E-state index in [1.807, 2.05) is 0 Å². The van der Waals surface area contributed by atoms with Crippen LogP contribution in [0.4, 0.5) is 0 Å². The molecule has 0 aliphatic carbocycles. The molecule has 1 aromatic heterocycles. The van der Waals surface area contributed by atoms with Gasteiger partial charge < -0.3 is 18.6 Å². The molecular weight excluding hydrogens is 358 g/mol. The van der Waals surface area contributed by atoms with Gasteiger partial charge in [0.2, 0.25) is 11.8 Å². The second-order valence-electron chi connectivity index (χ2n) is 6.69. The maximum absolute atomic E-state index is 13.1. The minimum Gasteiger partial charge on any atom is -0.467 e. The van der Waals surface area contributed by atoms with Crippen molar-refractivity contribution in [2.24, 2.45) is 11.8 Å². The average Bonchev–Trinajstić information content (AvgIpc) is 3.34. The fourth-order valence-corrected chi connectivity index (χ4v) is 3.99. The maximum Gasteiger partial charge on any atom is 0.305 e. The molecule has 1 aromatic rings. The van der Waals surface area contributed by atoms with Gasteiger partial charge in [0, 0.05) is 13.8 Å². The smallest absolute Gasteiger partial charge is 0.305 e. The van der Waals surface area contributed by atoms with E-state index >= 15 is 0 Å². The van der Waals surface area contributed by atoms with E-state index < -0.39 is 53.6 Å². The molecule has 4 heterocycles. The topological polar surface area (TPSA) is 112 Å². The quantitative estimate of drug-likeness (QED) is 0.317. The lowest BCUT2D eigenvalue weighted by atomic mass is 9.76. The summed E-state index contributed by atoms with van der Waals surface area (Å²) in [5.74, 6) is -3.57. The van der Waals surface area contributed by atoms with Gasteiger partial charge in [0.1, 0.15) is 5.76 Å². The number of likely N-dealkylation sites (tertiary alicyclic amines) is 1. The van der Waals surface area contributed by atoms with Gasteiger partial charge in [-0.2, -0.15) is 0 Å². The first-order valence-electron chi connectivity index (χ1n) is 8.42. The third kappa shape index (κ3) is 2.57. The maximum atomic E-state index is 13.1. The molecule has 3 aliphatic rings. The summed E-state index contributed by atoms with van der Waals surface area (Å²) in [6.07, 6.45) is 2.49. The molecule has 0 aromatic carbocycles. The number of hydrogen-bond donors (Lipinski definition) is 0. The summed E-state index contributed by atoms with van der Waals surface area (Å²) in [5.41, 5.74) is -1.53. The zero-order valence-corrected chi connectivity index (χ0v) is 14.6. The summed E-state index contributed by atoms with van der Waals surface area (Å²) in [7, 11) is 0. The Kier molecular flexibility index (Phi) is 3.92. The zero-order valence-electron chi connectivity index (χ0n) is 14.6. The molecule has 3 aliphatic heterocycles. The number of furan rings is 1. The van der Waals surface area contributed by atoms with E-state index in [0.29, 0.717) is 5.76 Å². The summed E-state index contributed by atoms with van der Waals surface area (Å²) in [6.45, 7) is 2.30. The Morgan fingerprint density at radius 2 is 1.93 bits per heavy atom. The predicted molar refractivity (Wildman–Crippen MR) is 85.3 cm³/mol. The van der Waals surface area contributed by atoms with E-state index in [1.54, 1.807) is 18.2 Å². The monoisotopic (exact) mass is 375 g/mol. The molecule has 4 atom stereocenters. The SMILES string of the molecule is CC(=O)OC(OC(C)=O)[C@@]12C=C[C@@H](O1)[C@@H]1C(=O)N(Cc3ccco3)C(=O)[C@@H]12. The number of hydrogen-bond acceptors (Lipinski definition) is 8. The van der Waals surface area contributed by atoms with Crippen molar-refractivity contribution in [1.29, 1.82) is 0 Å². The first-order valence-corrected chi connectivity index (χ1v) is 8.42. The van der Waals surface area contributed by atoms with Gasteiger partial charge in [-0.1, -0.05) is 6.08 Å². The lowest BCUT2D eigenvalue weighted by Gasteiger charge is -2.34. The Labute approximate surface area is 153 Å². The molecule has 0 N–H and O–H groups in total. The van der Waals surface area contributed by atoms with Crippen LogP contribution in [0.25, 0.3) is 0 Å². The highest BCUT2D eigenvalue weighted by Gasteiger charge is 2.71. The number of rotatable bonds is 5. The molecule has 9 heteroatoms. The lowest BCUT2D eigenvalue weighted by Crippen LogP contribution is -2.52. The van der Waals surface area contributed by atoms with Crippen molar-refractivity contribution in [3.05, 3.63) is 36.3 Å². The van der Waals surface area contributed by atoms with Crippen molar-refractivity contribution >= 4 is 23.8 Å². The van der Waals surface area contributed by atoms with Gasteiger partial charge in [0.05, 0.1) is 30.7 Å². The van der Waals surface area contributed by atoms with E-state index in [1.165, 1.54) is 12.3 Å². The fraction of sp³-hybridized carbons (Fsp3) is 0.444. The molecule has 0 unspecified atom stereocenters. The van der Waals surface area contributed by atoms with Crippen LogP contribution >= 0.6 is 0 Å². The fourth-order valence-electron chi connectivity index (χ4n) is 3.99. The predicted octanol–water partition coefficient (Wildman–Crippen LogP) is 0.540. The van der Waals surface area contributed by atoms with E-state index in [9.17, 15) is 19.2 Å². The van der Waals surface area contributed by atoms with Crippen molar-refractivity contribution in [3.63, 3.8) is 0 Å². The summed E-state index contributed by atoms with van der Waals surface area (Å²) in [4.78, 5) is 50.0. The average molecular weight is 375 g/mol. The van der Waals surface area contributed by atoms with Gasteiger partial charge >= 0.3 is 11.9 Å². The molecule has 0 radical (unpaired) electrons. The van der Waals surface area contributed by atoms with Crippen LogP contribution in [-0.2, 0) is 39.9 Å². The van der Waals surface area contributed by atoms with Crippen molar-refractivity contribution in [2.45, 2.75) is 38.4 Å². The van der Waals surface area contributed by atoms with Gasteiger partial charge in [-0.15, -0.1) is 0 Å². The van der Waals surface area contributed by atoms with Crippen molar-refractivity contribution in [2.75, 3.05) is 0 Å². The molecule has 2 amide bonds. The standard InChI is InChI=1S/C18H17NO8/c1-9(20)25-17(26-10(2)21)18-6-5-12(27-18)13-14(18)16(23)19(15(13)22)8-11-4-3-7-24-11/h3-7,12-14,17H,8H2,1-2H3/t12-,13+,14-,18+/m1/s1. The van der Waals surface area contributed by atoms with E-state index in [2.05, 4.69) is 0 Å².